The molecule has 0 unspecified atom stereocenters. The Bertz CT molecular complexity index is 1280. The summed E-state index contributed by atoms with van der Waals surface area (Å²) in [5, 5.41) is 2.92. The molecule has 31 heavy (non-hydrogen) atoms. The third-order valence-corrected chi connectivity index (χ3v) is 5.76. The number of aryl methyl sites for hydroxylation is 1. The molecule has 0 aliphatic heterocycles. The van der Waals surface area contributed by atoms with E-state index in [9.17, 15) is 4.79 Å². The average Bonchev–Trinajstić information content (AvgIpc) is 3.37. The van der Waals surface area contributed by atoms with Crippen LogP contribution in [0.15, 0.2) is 54.9 Å². The standard InChI is InChI=1S/C24H23N5O2/c1-31-20-13-17(11-10-15(20)12-21(30)28-16-6-3-2-4-7-16)29-19-9-5-8-18(19)22-23(29)24(25)27-14-26-22/h2-4,6-7,10-11,13-14H,5,8-9,12H2,1H3,(H,28,30)(H2,25,26,27). The van der Waals surface area contributed by atoms with Crippen LogP contribution in [0.4, 0.5) is 11.5 Å². The van der Waals surface area contributed by atoms with Gasteiger partial charge in [0.1, 0.15) is 17.6 Å². The fourth-order valence-corrected chi connectivity index (χ4v) is 4.40. The molecule has 0 fully saturated rings. The maximum absolute atomic E-state index is 12.5. The summed E-state index contributed by atoms with van der Waals surface area (Å²) in [4.78, 5) is 21.2. The number of benzene rings is 2. The second-order valence-corrected chi connectivity index (χ2v) is 7.66. The molecule has 156 valence electrons. The monoisotopic (exact) mass is 413 g/mol. The van der Waals surface area contributed by atoms with E-state index in [1.54, 1.807) is 7.11 Å². The van der Waals surface area contributed by atoms with Gasteiger partial charge in [0.2, 0.25) is 5.91 Å². The minimum Gasteiger partial charge on any atom is -0.496 e. The number of aromatic nitrogens is 3. The van der Waals surface area contributed by atoms with Gasteiger partial charge in [-0.2, -0.15) is 0 Å². The van der Waals surface area contributed by atoms with Crippen LogP contribution in [0, 0.1) is 0 Å². The van der Waals surface area contributed by atoms with Crippen molar-refractivity contribution in [3.05, 3.63) is 71.7 Å². The highest BCUT2D eigenvalue weighted by Crippen LogP contribution is 2.37. The van der Waals surface area contributed by atoms with E-state index in [1.165, 1.54) is 17.6 Å². The number of nitrogen functional groups attached to an aromatic ring is 1. The number of hydrogen-bond donors (Lipinski definition) is 2. The minimum atomic E-state index is -0.0952. The Morgan fingerprint density at radius 3 is 2.81 bits per heavy atom. The number of nitrogens with two attached hydrogens (primary N) is 1. The van der Waals surface area contributed by atoms with Crippen LogP contribution in [0.5, 0.6) is 5.75 Å². The highest BCUT2D eigenvalue weighted by atomic mass is 16.5. The van der Waals surface area contributed by atoms with E-state index in [0.29, 0.717) is 11.6 Å². The molecule has 7 nitrogen and oxygen atoms in total. The summed E-state index contributed by atoms with van der Waals surface area (Å²) in [7, 11) is 1.62. The van der Waals surface area contributed by atoms with Crippen molar-refractivity contribution in [1.29, 1.82) is 0 Å². The van der Waals surface area contributed by atoms with Crippen LogP contribution in [-0.4, -0.2) is 27.6 Å². The van der Waals surface area contributed by atoms with Gasteiger partial charge in [-0.1, -0.05) is 24.3 Å². The van der Waals surface area contributed by atoms with Gasteiger partial charge in [0.15, 0.2) is 5.82 Å². The molecule has 1 aliphatic carbocycles. The number of nitrogens with zero attached hydrogens (tertiary/aromatic N) is 3. The zero-order valence-corrected chi connectivity index (χ0v) is 17.3. The van der Waals surface area contributed by atoms with E-state index < -0.39 is 0 Å². The predicted molar refractivity (Wildman–Crippen MR) is 121 cm³/mol. The van der Waals surface area contributed by atoms with E-state index in [2.05, 4.69) is 19.9 Å². The topological polar surface area (TPSA) is 95.1 Å². The maximum Gasteiger partial charge on any atom is 0.228 e. The lowest BCUT2D eigenvalue weighted by atomic mass is 10.1. The molecule has 2 aromatic carbocycles. The van der Waals surface area contributed by atoms with E-state index in [-0.39, 0.29) is 12.3 Å². The van der Waals surface area contributed by atoms with Gasteiger partial charge in [0, 0.05) is 28.7 Å². The van der Waals surface area contributed by atoms with Crippen LogP contribution in [0.25, 0.3) is 16.7 Å². The Kier molecular flexibility index (Phi) is 4.78. The molecule has 4 aromatic rings. The normalized spacial score (nSPS) is 12.7. The average molecular weight is 413 g/mol. The Morgan fingerprint density at radius 1 is 1.16 bits per heavy atom. The zero-order chi connectivity index (χ0) is 21.4. The van der Waals surface area contributed by atoms with Crippen molar-refractivity contribution in [3.8, 4) is 11.4 Å². The van der Waals surface area contributed by atoms with Crippen LogP contribution in [0.2, 0.25) is 0 Å². The van der Waals surface area contributed by atoms with E-state index in [1.807, 2.05) is 48.5 Å². The van der Waals surface area contributed by atoms with Gasteiger partial charge in [-0.05, 0) is 43.0 Å². The van der Waals surface area contributed by atoms with Crippen molar-refractivity contribution in [2.75, 3.05) is 18.2 Å². The quantitative estimate of drug-likeness (QED) is 0.520. The number of hydrogen-bond acceptors (Lipinski definition) is 5. The first-order valence-electron chi connectivity index (χ1n) is 10.3. The van der Waals surface area contributed by atoms with Crippen LogP contribution in [0.3, 0.4) is 0 Å². The third kappa shape index (κ3) is 3.38. The number of anilines is 2. The first-order valence-corrected chi connectivity index (χ1v) is 10.3. The highest BCUT2D eigenvalue weighted by Gasteiger charge is 2.25. The van der Waals surface area contributed by atoms with Crippen LogP contribution in [-0.2, 0) is 24.1 Å². The summed E-state index contributed by atoms with van der Waals surface area (Å²) in [6, 6.07) is 15.3. The van der Waals surface area contributed by atoms with E-state index in [4.69, 9.17) is 10.5 Å². The number of carbonyl (C=O) groups excluding carboxylic acids is 1. The van der Waals surface area contributed by atoms with Crippen LogP contribution < -0.4 is 15.8 Å². The van der Waals surface area contributed by atoms with Gasteiger partial charge >= 0.3 is 0 Å². The van der Waals surface area contributed by atoms with E-state index in [0.717, 1.165) is 47.2 Å². The molecule has 1 aliphatic rings. The molecule has 0 bridgehead atoms. The first-order chi connectivity index (χ1) is 15.2. The summed E-state index contributed by atoms with van der Waals surface area (Å²) in [5.74, 6) is 1.02. The maximum atomic E-state index is 12.5. The van der Waals surface area contributed by atoms with Gasteiger partial charge in [0.05, 0.1) is 19.0 Å². The molecule has 0 spiro atoms. The number of rotatable bonds is 5. The molecule has 5 rings (SSSR count). The van der Waals surface area contributed by atoms with Crippen molar-refractivity contribution in [3.63, 3.8) is 0 Å². The van der Waals surface area contributed by atoms with Gasteiger partial charge in [-0.3, -0.25) is 4.79 Å². The van der Waals surface area contributed by atoms with Crippen molar-refractivity contribution in [2.24, 2.45) is 0 Å². The number of fused-ring (bicyclic) bond motifs is 3. The number of methoxy groups -OCH3 is 1. The van der Waals surface area contributed by atoms with Crippen molar-refractivity contribution >= 4 is 28.4 Å². The Balaban J connectivity index is 1.51. The molecule has 2 heterocycles. The molecule has 0 atom stereocenters. The molecule has 0 saturated carbocycles. The largest absolute Gasteiger partial charge is 0.496 e. The second-order valence-electron chi connectivity index (χ2n) is 7.66. The van der Waals surface area contributed by atoms with Gasteiger partial charge in [0.25, 0.3) is 0 Å². The zero-order valence-electron chi connectivity index (χ0n) is 17.3. The predicted octanol–water partition coefficient (Wildman–Crippen LogP) is 3.68. The second kappa shape index (κ2) is 7.75. The summed E-state index contributed by atoms with van der Waals surface area (Å²) < 4.78 is 7.78. The van der Waals surface area contributed by atoms with Gasteiger partial charge < -0.3 is 20.4 Å². The van der Waals surface area contributed by atoms with Crippen LogP contribution in [0.1, 0.15) is 23.2 Å². The number of amides is 1. The Morgan fingerprint density at radius 2 is 2.00 bits per heavy atom. The summed E-state index contributed by atoms with van der Waals surface area (Å²) in [6.45, 7) is 0. The summed E-state index contributed by atoms with van der Waals surface area (Å²) in [5.41, 5.74) is 13.0. The molecule has 0 saturated heterocycles. The summed E-state index contributed by atoms with van der Waals surface area (Å²) >= 11 is 0. The molecular formula is C24H23N5O2. The lowest BCUT2D eigenvalue weighted by Crippen LogP contribution is -2.15. The van der Waals surface area contributed by atoms with Gasteiger partial charge in [-0.25, -0.2) is 9.97 Å². The number of para-hydroxylation sites is 1. The van der Waals surface area contributed by atoms with Crippen molar-refractivity contribution in [2.45, 2.75) is 25.7 Å². The molecule has 3 N–H and O–H groups in total. The first kappa shape index (κ1) is 19.1. The molecule has 1 amide bonds. The Labute approximate surface area is 179 Å². The fourth-order valence-electron chi connectivity index (χ4n) is 4.40. The molecule has 2 aromatic heterocycles. The number of carbonyl (C=O) groups is 1. The minimum absolute atomic E-state index is 0.0952. The van der Waals surface area contributed by atoms with Gasteiger partial charge in [-0.15, -0.1) is 0 Å². The lowest BCUT2D eigenvalue weighted by molar-refractivity contribution is -0.115. The molecular weight excluding hydrogens is 390 g/mol. The smallest absolute Gasteiger partial charge is 0.228 e. The van der Waals surface area contributed by atoms with Crippen molar-refractivity contribution in [1.82, 2.24) is 14.5 Å². The SMILES string of the molecule is COc1cc(-n2c3c(c4ncnc(N)c42)CCC3)ccc1CC(=O)Nc1ccccc1. The van der Waals surface area contributed by atoms with Crippen molar-refractivity contribution < 1.29 is 9.53 Å². The Hall–Kier alpha value is -3.87. The molecule has 7 heteroatoms. The molecule has 0 radical (unpaired) electrons. The number of ether oxygens (including phenoxy) is 1. The lowest BCUT2D eigenvalue weighted by Gasteiger charge is -2.15. The summed E-state index contributed by atoms with van der Waals surface area (Å²) in [6.07, 6.45) is 4.79. The van der Waals surface area contributed by atoms with E-state index >= 15 is 0 Å². The van der Waals surface area contributed by atoms with Crippen LogP contribution >= 0.6 is 0 Å². The number of nitrogens with one attached hydrogen (secondary N) is 1. The fraction of sp³-hybridized carbons (Fsp3) is 0.208. The highest BCUT2D eigenvalue weighted by molar-refractivity contribution is 5.93. The third-order valence-electron chi connectivity index (χ3n) is 5.76.